The van der Waals surface area contributed by atoms with Crippen LogP contribution < -0.4 is 11.1 Å². The van der Waals surface area contributed by atoms with E-state index < -0.39 is 5.76 Å². The SMILES string of the molecule is COCCNc1nonc1-c1noc(=O)n1Cc1cc(Cl)co1. The molecular weight excluding hydrogens is 330 g/mol. The van der Waals surface area contributed by atoms with Gasteiger partial charge in [-0.2, -0.15) is 0 Å². The molecule has 0 saturated carbocycles. The number of hydrogen-bond acceptors (Lipinski definition) is 9. The van der Waals surface area contributed by atoms with E-state index in [1.165, 1.54) is 10.8 Å². The van der Waals surface area contributed by atoms with Crippen molar-refractivity contribution in [2.24, 2.45) is 0 Å². The van der Waals surface area contributed by atoms with Crippen LogP contribution >= 0.6 is 11.6 Å². The Bertz CT molecular complexity index is 835. The minimum atomic E-state index is -0.668. The van der Waals surface area contributed by atoms with E-state index in [0.29, 0.717) is 29.8 Å². The fourth-order valence-electron chi connectivity index (χ4n) is 1.89. The van der Waals surface area contributed by atoms with Crippen LogP contribution in [-0.4, -0.2) is 40.3 Å². The van der Waals surface area contributed by atoms with Gasteiger partial charge in [0.05, 0.1) is 18.2 Å². The number of anilines is 1. The molecular formula is C12H12ClN5O5. The average molecular weight is 342 g/mol. The van der Waals surface area contributed by atoms with Gasteiger partial charge in [0.25, 0.3) is 0 Å². The van der Waals surface area contributed by atoms with Crippen molar-refractivity contribution in [3.8, 4) is 11.5 Å². The molecule has 3 aromatic rings. The Labute approximate surface area is 133 Å². The van der Waals surface area contributed by atoms with E-state index in [9.17, 15) is 4.79 Å². The van der Waals surface area contributed by atoms with Crippen LogP contribution in [0.4, 0.5) is 5.82 Å². The summed E-state index contributed by atoms with van der Waals surface area (Å²) in [5.41, 5.74) is 0.240. The third-order valence-electron chi connectivity index (χ3n) is 2.92. The average Bonchev–Trinajstić information content (AvgIpc) is 3.23. The normalized spacial score (nSPS) is 11.0. The van der Waals surface area contributed by atoms with Crippen molar-refractivity contribution in [3.05, 3.63) is 33.7 Å². The van der Waals surface area contributed by atoms with Gasteiger partial charge in [-0.05, 0) is 10.3 Å². The fraction of sp³-hybridized carbons (Fsp3) is 0.333. The largest absolute Gasteiger partial charge is 0.466 e. The van der Waals surface area contributed by atoms with Crippen molar-refractivity contribution in [3.63, 3.8) is 0 Å². The van der Waals surface area contributed by atoms with Crippen LogP contribution in [0, 0.1) is 0 Å². The summed E-state index contributed by atoms with van der Waals surface area (Å²) in [6, 6.07) is 1.59. The summed E-state index contributed by atoms with van der Waals surface area (Å²) in [5, 5.41) is 14.6. The van der Waals surface area contributed by atoms with E-state index in [1.807, 2.05) is 0 Å². The van der Waals surface area contributed by atoms with Crippen LogP contribution in [0.25, 0.3) is 11.5 Å². The van der Waals surface area contributed by atoms with Gasteiger partial charge >= 0.3 is 5.76 Å². The molecule has 3 rings (SSSR count). The third kappa shape index (κ3) is 3.27. The zero-order valence-electron chi connectivity index (χ0n) is 12.0. The maximum Gasteiger partial charge on any atom is 0.442 e. The highest BCUT2D eigenvalue weighted by Gasteiger charge is 2.22. The van der Waals surface area contributed by atoms with Crippen LogP contribution in [0.3, 0.4) is 0 Å². The minimum Gasteiger partial charge on any atom is -0.466 e. The summed E-state index contributed by atoms with van der Waals surface area (Å²) in [7, 11) is 1.58. The van der Waals surface area contributed by atoms with Gasteiger partial charge in [0.2, 0.25) is 11.6 Å². The summed E-state index contributed by atoms with van der Waals surface area (Å²) in [6.07, 6.45) is 1.37. The molecule has 0 saturated heterocycles. The highest BCUT2D eigenvalue weighted by Crippen LogP contribution is 2.23. The maximum atomic E-state index is 11.9. The van der Waals surface area contributed by atoms with Crippen molar-refractivity contribution in [2.75, 3.05) is 25.6 Å². The molecule has 23 heavy (non-hydrogen) atoms. The van der Waals surface area contributed by atoms with Crippen LogP contribution in [0.2, 0.25) is 5.02 Å². The first-order valence-electron chi connectivity index (χ1n) is 6.54. The van der Waals surface area contributed by atoms with E-state index >= 15 is 0 Å². The lowest BCUT2D eigenvalue weighted by Gasteiger charge is -2.03. The molecule has 1 N–H and O–H groups in total. The Kier molecular flexibility index (Phi) is 4.44. The van der Waals surface area contributed by atoms with Gasteiger partial charge in [0.1, 0.15) is 12.0 Å². The van der Waals surface area contributed by atoms with Crippen molar-refractivity contribution in [1.82, 2.24) is 20.0 Å². The van der Waals surface area contributed by atoms with Crippen LogP contribution in [0.1, 0.15) is 5.76 Å². The number of methoxy groups -OCH3 is 1. The van der Waals surface area contributed by atoms with Gasteiger partial charge in [0, 0.05) is 19.7 Å². The van der Waals surface area contributed by atoms with E-state index in [4.69, 9.17) is 29.9 Å². The number of nitrogens with one attached hydrogen (secondary N) is 1. The van der Waals surface area contributed by atoms with Gasteiger partial charge in [-0.15, -0.1) is 0 Å². The molecule has 0 fully saturated rings. The molecule has 3 aromatic heterocycles. The Morgan fingerprint density at radius 1 is 1.39 bits per heavy atom. The Morgan fingerprint density at radius 3 is 3.00 bits per heavy atom. The number of ether oxygens (including phenoxy) is 1. The molecule has 10 nitrogen and oxygen atoms in total. The molecule has 0 aliphatic heterocycles. The lowest BCUT2D eigenvalue weighted by Crippen LogP contribution is -2.16. The second-order valence-electron chi connectivity index (χ2n) is 4.47. The van der Waals surface area contributed by atoms with E-state index in [2.05, 4.69) is 20.8 Å². The molecule has 0 aliphatic rings. The molecule has 0 spiro atoms. The first-order chi connectivity index (χ1) is 11.2. The van der Waals surface area contributed by atoms with Crippen molar-refractivity contribution in [2.45, 2.75) is 6.54 Å². The van der Waals surface area contributed by atoms with Crippen molar-refractivity contribution in [1.29, 1.82) is 0 Å². The van der Waals surface area contributed by atoms with Gasteiger partial charge in [-0.1, -0.05) is 16.8 Å². The molecule has 0 radical (unpaired) electrons. The highest BCUT2D eigenvalue weighted by molar-refractivity contribution is 6.30. The maximum absolute atomic E-state index is 11.9. The number of nitrogens with zero attached hydrogens (tertiary/aromatic N) is 4. The number of hydrogen-bond donors (Lipinski definition) is 1. The van der Waals surface area contributed by atoms with Crippen molar-refractivity contribution < 1.29 is 18.3 Å². The molecule has 0 unspecified atom stereocenters. The monoisotopic (exact) mass is 341 g/mol. The summed E-state index contributed by atoms with van der Waals surface area (Å²) < 4.78 is 20.8. The molecule has 0 atom stereocenters. The van der Waals surface area contributed by atoms with Crippen LogP contribution in [-0.2, 0) is 11.3 Å². The minimum absolute atomic E-state index is 0.0781. The smallest absolute Gasteiger partial charge is 0.442 e. The first kappa shape index (κ1) is 15.3. The van der Waals surface area contributed by atoms with E-state index in [-0.39, 0.29) is 18.1 Å². The number of aromatic nitrogens is 4. The van der Waals surface area contributed by atoms with Gasteiger partial charge < -0.3 is 14.5 Å². The van der Waals surface area contributed by atoms with E-state index in [1.54, 1.807) is 13.2 Å². The zero-order valence-corrected chi connectivity index (χ0v) is 12.7. The quantitative estimate of drug-likeness (QED) is 0.632. The molecule has 3 heterocycles. The topological polar surface area (TPSA) is 121 Å². The summed E-state index contributed by atoms with van der Waals surface area (Å²) in [5.74, 6) is 0.274. The highest BCUT2D eigenvalue weighted by atomic mass is 35.5. The molecule has 0 bridgehead atoms. The van der Waals surface area contributed by atoms with Gasteiger partial charge in [-0.3, -0.25) is 4.52 Å². The molecule has 0 aromatic carbocycles. The second kappa shape index (κ2) is 6.67. The number of halogens is 1. The summed E-state index contributed by atoms with van der Waals surface area (Å²) >= 11 is 5.80. The lowest BCUT2D eigenvalue weighted by molar-refractivity contribution is 0.210. The van der Waals surface area contributed by atoms with Crippen molar-refractivity contribution >= 4 is 17.4 Å². The van der Waals surface area contributed by atoms with Crippen LogP contribution in [0.15, 0.2) is 30.7 Å². The second-order valence-corrected chi connectivity index (χ2v) is 4.91. The van der Waals surface area contributed by atoms with Gasteiger partial charge in [-0.25, -0.2) is 14.0 Å². The third-order valence-corrected chi connectivity index (χ3v) is 3.12. The number of rotatable bonds is 7. The van der Waals surface area contributed by atoms with Gasteiger partial charge in [0.15, 0.2) is 5.69 Å². The predicted octanol–water partition coefficient (Wildman–Crippen LogP) is 1.24. The molecule has 11 heteroatoms. The fourth-order valence-corrected chi connectivity index (χ4v) is 2.06. The summed E-state index contributed by atoms with van der Waals surface area (Å²) in [4.78, 5) is 11.9. The first-order valence-corrected chi connectivity index (χ1v) is 6.92. The predicted molar refractivity (Wildman–Crippen MR) is 77.2 cm³/mol. The Morgan fingerprint density at radius 2 is 2.26 bits per heavy atom. The summed E-state index contributed by atoms with van der Waals surface area (Å²) in [6.45, 7) is 1.02. The lowest BCUT2D eigenvalue weighted by atomic mass is 10.3. The zero-order chi connectivity index (χ0) is 16.2. The molecule has 0 amide bonds. The van der Waals surface area contributed by atoms with Crippen LogP contribution in [0.5, 0.6) is 0 Å². The molecule has 0 aliphatic carbocycles. The Balaban J connectivity index is 1.89. The number of furan rings is 1. The van der Waals surface area contributed by atoms with E-state index in [0.717, 1.165) is 0 Å². The standard InChI is InChI=1S/C12H12ClN5O5/c1-20-3-2-14-10-9(15-23-16-10)11-17-22-12(19)18(11)5-8-4-7(13)6-21-8/h4,6H,2-3,5H2,1H3,(H,14,16). The Hall–Kier alpha value is -2.59. The molecule has 122 valence electrons.